The lowest BCUT2D eigenvalue weighted by Crippen LogP contribution is -2.39. The lowest BCUT2D eigenvalue weighted by molar-refractivity contribution is -0.145. The Morgan fingerprint density at radius 1 is 1.50 bits per heavy atom. The molecule has 0 aromatic rings. The van der Waals surface area contributed by atoms with Gasteiger partial charge in [0.25, 0.3) is 0 Å². The summed E-state index contributed by atoms with van der Waals surface area (Å²) < 4.78 is 21.4. The van der Waals surface area contributed by atoms with Crippen molar-refractivity contribution in [1.29, 1.82) is 0 Å². The number of carboxylic acid groups (broad SMARTS) is 2. The van der Waals surface area contributed by atoms with Gasteiger partial charge in [-0.15, -0.1) is 0 Å². The van der Waals surface area contributed by atoms with Crippen molar-refractivity contribution in [1.82, 2.24) is 4.72 Å². The largest absolute Gasteiger partial charge is 0.760 e. The molecule has 7 nitrogen and oxygen atoms in total. The summed E-state index contributed by atoms with van der Waals surface area (Å²) in [5.74, 6) is -2.91. The molecular weight excluding hydrogens is 190 g/mol. The van der Waals surface area contributed by atoms with Gasteiger partial charge in [-0.1, -0.05) is 0 Å². The van der Waals surface area contributed by atoms with Crippen molar-refractivity contribution in [2.24, 2.45) is 0 Å². The van der Waals surface area contributed by atoms with Crippen LogP contribution >= 0.6 is 0 Å². The summed E-state index contributed by atoms with van der Waals surface area (Å²) in [4.78, 5) is 20.2. The minimum atomic E-state index is -2.78. The van der Waals surface area contributed by atoms with Crippen LogP contribution < -0.4 is 4.72 Å². The number of rotatable bonds is 5. The summed E-state index contributed by atoms with van der Waals surface area (Å²) >= 11 is -2.78. The van der Waals surface area contributed by atoms with Crippen molar-refractivity contribution in [2.75, 3.05) is 0 Å². The molecule has 0 bridgehead atoms. The van der Waals surface area contributed by atoms with Gasteiger partial charge in [0.2, 0.25) is 0 Å². The van der Waals surface area contributed by atoms with Gasteiger partial charge in [-0.05, 0) is 0 Å². The Labute approximate surface area is 69.8 Å². The van der Waals surface area contributed by atoms with Crippen LogP contribution in [0.25, 0.3) is 0 Å². The highest BCUT2D eigenvalue weighted by molar-refractivity contribution is 7.77. The molecule has 0 amide bonds. The van der Waals surface area contributed by atoms with Gasteiger partial charge >= 0.3 is 11.9 Å². The summed E-state index contributed by atoms with van der Waals surface area (Å²) in [6.07, 6.45) is -0.788. The van der Waals surface area contributed by atoms with E-state index in [2.05, 4.69) is 0 Å². The summed E-state index contributed by atoms with van der Waals surface area (Å²) in [5.41, 5.74) is 0. The predicted molar refractivity (Wildman–Crippen MR) is 35.7 cm³/mol. The first-order valence-electron chi connectivity index (χ1n) is 2.73. The molecule has 0 fully saturated rings. The van der Waals surface area contributed by atoms with E-state index in [9.17, 15) is 18.4 Å². The van der Waals surface area contributed by atoms with E-state index in [4.69, 9.17) is 10.2 Å². The first-order chi connectivity index (χ1) is 5.43. The highest BCUT2D eigenvalue weighted by Crippen LogP contribution is 1.92. The molecule has 0 rings (SSSR count). The molecule has 2 unspecified atom stereocenters. The van der Waals surface area contributed by atoms with Crippen LogP contribution in [0.2, 0.25) is 0 Å². The Morgan fingerprint density at radius 3 is 2.25 bits per heavy atom. The van der Waals surface area contributed by atoms with E-state index in [1.165, 1.54) is 0 Å². The van der Waals surface area contributed by atoms with Gasteiger partial charge in [-0.25, -0.2) is 4.72 Å². The quantitative estimate of drug-likeness (QED) is 0.449. The fourth-order valence-electron chi connectivity index (χ4n) is 0.470. The molecule has 3 N–H and O–H groups in total. The van der Waals surface area contributed by atoms with Crippen LogP contribution in [-0.4, -0.2) is 37.0 Å². The van der Waals surface area contributed by atoms with Crippen molar-refractivity contribution in [2.45, 2.75) is 12.5 Å². The van der Waals surface area contributed by atoms with Gasteiger partial charge in [0.05, 0.1) is 6.42 Å². The van der Waals surface area contributed by atoms with E-state index in [0.29, 0.717) is 0 Å². The normalized spacial score (nSPS) is 15.1. The van der Waals surface area contributed by atoms with Crippen LogP contribution in [0.15, 0.2) is 0 Å². The molecule has 70 valence electrons. The molecule has 0 aromatic heterocycles. The Kier molecular flexibility index (Phi) is 4.40. The number of aliphatic carboxylic acids is 2. The van der Waals surface area contributed by atoms with Crippen molar-refractivity contribution in [3.05, 3.63) is 0 Å². The Balaban J connectivity index is 4.14. The van der Waals surface area contributed by atoms with E-state index >= 15 is 0 Å². The van der Waals surface area contributed by atoms with Gasteiger partial charge in [0.15, 0.2) is 0 Å². The third kappa shape index (κ3) is 4.77. The molecule has 0 aliphatic rings. The van der Waals surface area contributed by atoms with E-state index < -0.39 is 35.7 Å². The number of carboxylic acids is 2. The van der Waals surface area contributed by atoms with Crippen molar-refractivity contribution in [3.8, 4) is 0 Å². The molecule has 0 aliphatic heterocycles. The molecule has 0 aliphatic carbocycles. The SMILES string of the molecule is O=C(O)CC(NS(=O)[O-])C(=O)O. The van der Waals surface area contributed by atoms with Gasteiger partial charge < -0.3 is 14.8 Å². The molecule has 0 aromatic carbocycles. The fourth-order valence-corrected chi connectivity index (χ4v) is 0.887. The van der Waals surface area contributed by atoms with Crippen LogP contribution in [0.5, 0.6) is 0 Å². The zero-order chi connectivity index (χ0) is 9.72. The summed E-state index contributed by atoms with van der Waals surface area (Å²) in [7, 11) is 0. The number of hydrogen-bond donors (Lipinski definition) is 3. The van der Waals surface area contributed by atoms with Crippen molar-refractivity contribution >= 4 is 23.2 Å². The van der Waals surface area contributed by atoms with E-state index in [1.54, 1.807) is 4.72 Å². The third-order valence-electron chi connectivity index (χ3n) is 0.915. The van der Waals surface area contributed by atoms with E-state index in [0.717, 1.165) is 0 Å². The number of hydrogen-bond acceptors (Lipinski definition) is 4. The Bertz CT molecular complexity index is 200. The third-order valence-corrected chi connectivity index (χ3v) is 1.39. The first-order valence-corrected chi connectivity index (χ1v) is 3.81. The van der Waals surface area contributed by atoms with Gasteiger partial charge in [-0.2, -0.15) is 0 Å². The van der Waals surface area contributed by atoms with Crippen LogP contribution in [0, 0.1) is 0 Å². The van der Waals surface area contributed by atoms with Crippen LogP contribution in [0.1, 0.15) is 6.42 Å². The van der Waals surface area contributed by atoms with Crippen molar-refractivity contribution < 1.29 is 28.6 Å². The molecule has 0 radical (unpaired) electrons. The van der Waals surface area contributed by atoms with Gasteiger partial charge in [0.1, 0.15) is 6.04 Å². The second-order valence-electron chi connectivity index (χ2n) is 1.84. The lowest BCUT2D eigenvalue weighted by Gasteiger charge is -2.13. The monoisotopic (exact) mass is 196 g/mol. The number of carbonyl (C=O) groups is 2. The zero-order valence-electron chi connectivity index (χ0n) is 5.72. The summed E-state index contributed by atoms with van der Waals surface area (Å²) in [6.45, 7) is 0. The zero-order valence-corrected chi connectivity index (χ0v) is 6.54. The Morgan fingerprint density at radius 2 is 2.00 bits per heavy atom. The maximum absolute atomic E-state index is 10.2. The Hall–Kier alpha value is -0.990. The van der Waals surface area contributed by atoms with Crippen LogP contribution in [0.3, 0.4) is 0 Å². The first kappa shape index (κ1) is 11.0. The van der Waals surface area contributed by atoms with Crippen molar-refractivity contribution in [3.63, 3.8) is 0 Å². The molecule has 0 saturated carbocycles. The summed E-state index contributed by atoms with van der Waals surface area (Å²) in [6, 6.07) is -1.61. The molecule has 2 atom stereocenters. The molecular formula is C4H6NO6S-. The average Bonchev–Trinajstić information content (AvgIpc) is 1.83. The highest BCUT2D eigenvalue weighted by Gasteiger charge is 2.20. The van der Waals surface area contributed by atoms with Gasteiger partial charge in [0, 0.05) is 11.3 Å². The fraction of sp³-hybridized carbons (Fsp3) is 0.500. The lowest BCUT2D eigenvalue weighted by atomic mass is 10.2. The van der Waals surface area contributed by atoms with Crippen LogP contribution in [-0.2, 0) is 20.9 Å². The maximum atomic E-state index is 10.2. The van der Waals surface area contributed by atoms with E-state index in [1.807, 2.05) is 0 Å². The molecule has 0 spiro atoms. The highest BCUT2D eigenvalue weighted by atomic mass is 32.2. The minimum Gasteiger partial charge on any atom is -0.760 e. The average molecular weight is 196 g/mol. The smallest absolute Gasteiger partial charge is 0.322 e. The second-order valence-corrected chi connectivity index (χ2v) is 2.55. The van der Waals surface area contributed by atoms with E-state index in [-0.39, 0.29) is 0 Å². The molecule has 0 heterocycles. The summed E-state index contributed by atoms with van der Waals surface area (Å²) in [5, 5.41) is 16.4. The molecule has 8 heteroatoms. The molecule has 12 heavy (non-hydrogen) atoms. The standard InChI is InChI=1S/C4H7NO6S/c6-3(7)1-2(4(8)9)5-12(10)11/h2,5H,1H2,(H,6,7)(H,8,9)(H,10,11)/p-1. The minimum absolute atomic E-state index is 0.788. The molecule has 0 saturated heterocycles. The second kappa shape index (κ2) is 4.80. The topological polar surface area (TPSA) is 127 Å². The van der Waals surface area contributed by atoms with Gasteiger partial charge in [-0.3, -0.25) is 13.8 Å². The van der Waals surface area contributed by atoms with Crippen LogP contribution in [0.4, 0.5) is 0 Å². The predicted octanol–water partition coefficient (Wildman–Crippen LogP) is -1.70. The maximum Gasteiger partial charge on any atom is 0.322 e. The number of nitrogens with one attached hydrogen (secondary N) is 1.